The molecule has 1 atom stereocenters. The van der Waals surface area contributed by atoms with Gasteiger partial charge in [-0.1, -0.05) is 18.2 Å². The summed E-state index contributed by atoms with van der Waals surface area (Å²) in [5.74, 6) is 5.35. The van der Waals surface area contributed by atoms with Gasteiger partial charge in [-0.2, -0.15) is 0 Å². The van der Waals surface area contributed by atoms with Crippen molar-refractivity contribution in [2.75, 3.05) is 9.73 Å². The summed E-state index contributed by atoms with van der Waals surface area (Å²) in [5, 5.41) is 0. The third kappa shape index (κ3) is 2.22. The van der Waals surface area contributed by atoms with Crippen LogP contribution in [0, 0.1) is 0 Å². The molecule has 2 heterocycles. The third-order valence-electron chi connectivity index (χ3n) is 3.46. The Bertz CT molecular complexity index is 760. The van der Waals surface area contributed by atoms with Crippen LogP contribution in [-0.4, -0.2) is 24.4 Å². The molecule has 1 aromatic carbocycles. The minimum Gasteiger partial charge on any atom is -0.292 e. The summed E-state index contributed by atoms with van der Waals surface area (Å²) in [6.07, 6.45) is 3.20. The number of nitrogens with two attached hydrogens (primary N) is 1. The largest absolute Gasteiger partial charge is 0.292 e. The van der Waals surface area contributed by atoms with Crippen molar-refractivity contribution in [1.29, 1.82) is 0 Å². The highest BCUT2D eigenvalue weighted by Crippen LogP contribution is 2.36. The quantitative estimate of drug-likeness (QED) is 0.645. The zero-order valence-electron chi connectivity index (χ0n) is 11.4. The molecule has 1 aliphatic heterocycles. The minimum atomic E-state index is -3.69. The first-order valence-corrected chi connectivity index (χ1v) is 7.89. The van der Waals surface area contributed by atoms with Crippen molar-refractivity contribution in [2.45, 2.75) is 24.3 Å². The Labute approximate surface area is 122 Å². The number of fused-ring (bicyclic) bond motifs is 1. The van der Waals surface area contributed by atoms with Crippen LogP contribution in [0.4, 0.5) is 11.6 Å². The number of nitrogens with one attached hydrogen (secondary N) is 1. The Morgan fingerprint density at radius 1 is 1.29 bits per heavy atom. The molecule has 7 nitrogen and oxygen atoms in total. The van der Waals surface area contributed by atoms with Gasteiger partial charge in [0.05, 0.1) is 18.1 Å². The number of nitrogen functional groups attached to an aromatic ring is 1. The van der Waals surface area contributed by atoms with E-state index >= 15 is 0 Å². The number of anilines is 2. The zero-order valence-corrected chi connectivity index (χ0v) is 12.2. The van der Waals surface area contributed by atoms with Crippen molar-refractivity contribution in [1.82, 2.24) is 9.97 Å². The molecule has 0 amide bonds. The molecule has 0 saturated carbocycles. The number of hydrogen-bond acceptors (Lipinski definition) is 6. The van der Waals surface area contributed by atoms with Crippen LogP contribution in [-0.2, 0) is 16.4 Å². The van der Waals surface area contributed by atoms with E-state index in [4.69, 9.17) is 5.84 Å². The normalized spacial score (nSPS) is 17.6. The molecule has 0 radical (unpaired) electrons. The molecule has 110 valence electrons. The Morgan fingerprint density at radius 3 is 2.62 bits per heavy atom. The summed E-state index contributed by atoms with van der Waals surface area (Å²) in [6.45, 7) is 1.88. The fourth-order valence-electron chi connectivity index (χ4n) is 2.54. The van der Waals surface area contributed by atoms with Crippen LogP contribution in [0.5, 0.6) is 0 Å². The van der Waals surface area contributed by atoms with Gasteiger partial charge in [0.2, 0.25) is 5.95 Å². The molecule has 1 aliphatic rings. The van der Waals surface area contributed by atoms with Crippen molar-refractivity contribution in [2.24, 2.45) is 5.84 Å². The summed E-state index contributed by atoms with van der Waals surface area (Å²) >= 11 is 0. The highest BCUT2D eigenvalue weighted by molar-refractivity contribution is 7.92. The number of aromatic nitrogens is 2. The Balaban J connectivity index is 2.05. The number of benzene rings is 1. The lowest BCUT2D eigenvalue weighted by Crippen LogP contribution is -2.35. The van der Waals surface area contributed by atoms with Crippen LogP contribution >= 0.6 is 0 Å². The molecular weight excluding hydrogens is 290 g/mol. The Hall–Kier alpha value is -2.19. The lowest BCUT2D eigenvalue weighted by atomic mass is 10.1. The number of nitrogens with zero attached hydrogens (tertiary/aromatic N) is 3. The summed E-state index contributed by atoms with van der Waals surface area (Å²) in [6, 6.07) is 7.36. The Morgan fingerprint density at radius 2 is 1.95 bits per heavy atom. The molecule has 8 heteroatoms. The number of para-hydroxylation sites is 1. The van der Waals surface area contributed by atoms with E-state index in [0.717, 1.165) is 5.56 Å². The average Bonchev–Trinajstić information content (AvgIpc) is 2.83. The fraction of sp³-hybridized carbons (Fsp3) is 0.231. The van der Waals surface area contributed by atoms with Gasteiger partial charge < -0.3 is 0 Å². The summed E-state index contributed by atoms with van der Waals surface area (Å²) in [4.78, 5) is 7.77. The topological polar surface area (TPSA) is 101 Å². The van der Waals surface area contributed by atoms with Gasteiger partial charge in [-0.25, -0.2) is 24.2 Å². The maximum atomic E-state index is 12.8. The molecule has 1 unspecified atom stereocenters. The molecule has 2 aromatic rings. The maximum absolute atomic E-state index is 12.8. The van der Waals surface area contributed by atoms with Gasteiger partial charge in [0.25, 0.3) is 10.0 Å². The van der Waals surface area contributed by atoms with Gasteiger partial charge >= 0.3 is 0 Å². The second-order valence-electron chi connectivity index (χ2n) is 4.87. The van der Waals surface area contributed by atoms with Gasteiger partial charge in [0, 0.05) is 6.04 Å². The average molecular weight is 305 g/mol. The van der Waals surface area contributed by atoms with Crippen LogP contribution in [0.1, 0.15) is 12.5 Å². The highest BCUT2D eigenvalue weighted by Gasteiger charge is 2.36. The number of hydrazine groups is 1. The lowest BCUT2D eigenvalue weighted by molar-refractivity contribution is 0.583. The van der Waals surface area contributed by atoms with Gasteiger partial charge in [-0.05, 0) is 25.0 Å². The van der Waals surface area contributed by atoms with E-state index in [9.17, 15) is 8.42 Å². The lowest BCUT2D eigenvalue weighted by Gasteiger charge is -2.24. The highest BCUT2D eigenvalue weighted by atomic mass is 32.2. The Kier molecular flexibility index (Phi) is 3.26. The molecule has 0 spiro atoms. The maximum Gasteiger partial charge on any atom is 0.267 e. The third-order valence-corrected chi connectivity index (χ3v) is 5.34. The molecule has 0 fully saturated rings. The van der Waals surface area contributed by atoms with Crippen LogP contribution in [0.15, 0.2) is 41.6 Å². The van der Waals surface area contributed by atoms with Crippen molar-refractivity contribution in [3.8, 4) is 0 Å². The summed E-state index contributed by atoms with van der Waals surface area (Å²) < 4.78 is 27.0. The van der Waals surface area contributed by atoms with Crippen LogP contribution < -0.4 is 15.6 Å². The first kappa shape index (κ1) is 13.8. The van der Waals surface area contributed by atoms with E-state index in [0.29, 0.717) is 12.1 Å². The molecule has 1 aromatic heterocycles. The number of hydrogen-bond donors (Lipinski definition) is 2. The molecule has 3 N–H and O–H groups in total. The van der Waals surface area contributed by atoms with Crippen LogP contribution in [0.2, 0.25) is 0 Å². The van der Waals surface area contributed by atoms with Crippen molar-refractivity contribution in [3.63, 3.8) is 0 Å². The summed E-state index contributed by atoms with van der Waals surface area (Å²) in [7, 11) is -3.69. The second-order valence-corrected chi connectivity index (χ2v) is 6.68. The monoisotopic (exact) mass is 305 g/mol. The fourth-order valence-corrected chi connectivity index (χ4v) is 4.13. The molecule has 3 rings (SSSR count). The van der Waals surface area contributed by atoms with E-state index < -0.39 is 10.0 Å². The molecular formula is C13H15N5O2S. The van der Waals surface area contributed by atoms with Crippen LogP contribution in [0.3, 0.4) is 0 Å². The molecule has 0 saturated heterocycles. The van der Waals surface area contributed by atoms with Crippen molar-refractivity contribution < 1.29 is 8.42 Å². The van der Waals surface area contributed by atoms with Gasteiger partial charge in [0.15, 0.2) is 0 Å². The first-order chi connectivity index (χ1) is 10.0. The standard InChI is InChI=1S/C13H15N5O2S/c1-9-6-10-4-2-3-5-12(10)18(9)21(19,20)11-7-15-13(17-14)16-8-11/h2-5,7-9H,6,14H2,1H3,(H,15,16,17). The number of sulfonamides is 1. The molecule has 0 aliphatic carbocycles. The van der Waals surface area contributed by atoms with E-state index in [-0.39, 0.29) is 16.9 Å². The number of rotatable bonds is 3. The first-order valence-electron chi connectivity index (χ1n) is 6.45. The van der Waals surface area contributed by atoms with E-state index in [1.54, 1.807) is 0 Å². The van der Waals surface area contributed by atoms with Crippen molar-refractivity contribution in [3.05, 3.63) is 42.2 Å². The predicted molar refractivity (Wildman–Crippen MR) is 79.1 cm³/mol. The van der Waals surface area contributed by atoms with Gasteiger partial charge in [0.1, 0.15) is 4.90 Å². The predicted octanol–water partition coefficient (Wildman–Crippen LogP) is 0.902. The molecule has 21 heavy (non-hydrogen) atoms. The minimum absolute atomic E-state index is 0.0463. The van der Waals surface area contributed by atoms with Crippen LogP contribution in [0.25, 0.3) is 0 Å². The van der Waals surface area contributed by atoms with Crippen molar-refractivity contribution >= 4 is 21.7 Å². The van der Waals surface area contributed by atoms with E-state index in [2.05, 4.69) is 15.4 Å². The van der Waals surface area contributed by atoms with E-state index in [1.165, 1.54) is 16.7 Å². The second kappa shape index (κ2) is 4.97. The zero-order chi connectivity index (χ0) is 15.0. The smallest absolute Gasteiger partial charge is 0.267 e. The summed E-state index contributed by atoms with van der Waals surface area (Å²) in [5.41, 5.74) is 4.01. The van der Waals surface area contributed by atoms with Gasteiger partial charge in [-0.3, -0.25) is 9.73 Å². The van der Waals surface area contributed by atoms with E-state index in [1.807, 2.05) is 31.2 Å². The SMILES string of the molecule is CC1Cc2ccccc2N1S(=O)(=O)c1cnc(NN)nc1. The van der Waals surface area contributed by atoms with Gasteiger partial charge in [-0.15, -0.1) is 0 Å². The molecule has 0 bridgehead atoms.